The second-order valence-electron chi connectivity index (χ2n) is 4.64. The molecule has 21 heavy (non-hydrogen) atoms. The van der Waals surface area contributed by atoms with Crippen molar-refractivity contribution >= 4 is 11.6 Å². The molecule has 0 saturated carbocycles. The quantitative estimate of drug-likeness (QED) is 0.746. The third-order valence-corrected chi connectivity index (χ3v) is 3.16. The van der Waals surface area contributed by atoms with Gasteiger partial charge < -0.3 is 4.98 Å². The van der Waals surface area contributed by atoms with Gasteiger partial charge in [-0.05, 0) is 24.3 Å². The molecule has 0 radical (unpaired) electrons. The summed E-state index contributed by atoms with van der Waals surface area (Å²) in [5.74, 6) is -0.480. The highest BCUT2D eigenvalue weighted by atomic mass is 16.1. The van der Waals surface area contributed by atoms with Gasteiger partial charge in [-0.1, -0.05) is 18.2 Å². The van der Waals surface area contributed by atoms with Crippen molar-refractivity contribution in [2.45, 2.75) is 6.92 Å². The third kappa shape index (κ3) is 2.41. The van der Waals surface area contributed by atoms with Gasteiger partial charge in [-0.2, -0.15) is 5.10 Å². The molecule has 0 atom stereocenters. The normalized spacial score (nSPS) is 10.5. The molecule has 1 N–H and O–H groups in total. The van der Waals surface area contributed by atoms with Crippen LogP contribution in [0.25, 0.3) is 5.69 Å². The van der Waals surface area contributed by atoms with Crippen LogP contribution in [0.5, 0.6) is 0 Å². The number of aromatic amines is 1. The Balaban J connectivity index is 2.10. The molecule has 5 heteroatoms. The van der Waals surface area contributed by atoms with E-state index in [1.807, 2.05) is 30.3 Å². The molecular weight excluding hydrogens is 266 g/mol. The molecule has 5 nitrogen and oxygen atoms in total. The number of para-hydroxylation sites is 1. The van der Waals surface area contributed by atoms with Crippen LogP contribution < -0.4 is 0 Å². The number of carbonyl (C=O) groups is 2. The van der Waals surface area contributed by atoms with Crippen LogP contribution in [0, 0.1) is 0 Å². The van der Waals surface area contributed by atoms with Crippen LogP contribution in [-0.4, -0.2) is 26.3 Å². The highest BCUT2D eigenvalue weighted by molar-refractivity contribution is 6.13. The van der Waals surface area contributed by atoms with Crippen LogP contribution in [0.2, 0.25) is 0 Å². The van der Waals surface area contributed by atoms with Crippen molar-refractivity contribution in [1.82, 2.24) is 14.8 Å². The van der Waals surface area contributed by atoms with E-state index in [0.717, 1.165) is 5.69 Å². The molecule has 0 amide bonds. The molecule has 0 aliphatic rings. The van der Waals surface area contributed by atoms with Gasteiger partial charge in [0.05, 0.1) is 16.9 Å². The summed E-state index contributed by atoms with van der Waals surface area (Å²) in [7, 11) is 0. The first-order valence-corrected chi connectivity index (χ1v) is 6.51. The lowest BCUT2D eigenvalue weighted by Crippen LogP contribution is -2.06. The Kier molecular flexibility index (Phi) is 3.23. The molecule has 0 aliphatic carbocycles. The molecule has 0 bridgehead atoms. The zero-order valence-electron chi connectivity index (χ0n) is 11.4. The second-order valence-corrected chi connectivity index (χ2v) is 4.64. The maximum atomic E-state index is 12.4. The number of carbonyl (C=O) groups excluding carboxylic acids is 2. The molecule has 0 spiro atoms. The van der Waals surface area contributed by atoms with Gasteiger partial charge in [0.2, 0.25) is 5.78 Å². The van der Waals surface area contributed by atoms with Crippen molar-refractivity contribution in [3.05, 3.63) is 71.8 Å². The topological polar surface area (TPSA) is 67.8 Å². The molecule has 3 rings (SSSR count). The van der Waals surface area contributed by atoms with Crippen LogP contribution in [0.3, 0.4) is 0 Å². The Morgan fingerprint density at radius 3 is 2.48 bits per heavy atom. The number of aromatic nitrogens is 3. The van der Waals surface area contributed by atoms with Crippen LogP contribution in [0.15, 0.2) is 54.9 Å². The summed E-state index contributed by atoms with van der Waals surface area (Å²) in [6.45, 7) is 1.41. The number of hydrogen-bond acceptors (Lipinski definition) is 3. The summed E-state index contributed by atoms with van der Waals surface area (Å²) in [6.07, 6.45) is 3.26. The molecule has 1 aromatic carbocycles. The maximum Gasteiger partial charge on any atom is 0.213 e. The smallest absolute Gasteiger partial charge is 0.213 e. The molecule has 0 unspecified atom stereocenters. The first kappa shape index (κ1) is 13.1. The first-order chi connectivity index (χ1) is 10.2. The molecule has 104 valence electrons. The van der Waals surface area contributed by atoms with Gasteiger partial charge in [0, 0.05) is 19.3 Å². The number of hydrogen-bond donors (Lipinski definition) is 1. The maximum absolute atomic E-state index is 12.4. The predicted octanol–water partition coefficient (Wildman–Crippen LogP) is 2.63. The summed E-state index contributed by atoms with van der Waals surface area (Å²) in [5, 5.41) is 4.24. The van der Waals surface area contributed by atoms with E-state index >= 15 is 0 Å². The lowest BCUT2D eigenvalue weighted by atomic mass is 10.1. The fraction of sp³-hybridized carbons (Fsp3) is 0.0625. The fourth-order valence-corrected chi connectivity index (χ4v) is 2.13. The lowest BCUT2D eigenvalue weighted by molar-refractivity contribution is 0.0986. The lowest BCUT2D eigenvalue weighted by Gasteiger charge is -1.98. The van der Waals surface area contributed by atoms with Crippen molar-refractivity contribution < 1.29 is 9.59 Å². The van der Waals surface area contributed by atoms with Gasteiger partial charge in [0.15, 0.2) is 5.78 Å². The van der Waals surface area contributed by atoms with Crippen molar-refractivity contribution in [2.75, 3.05) is 0 Å². The van der Waals surface area contributed by atoms with E-state index < -0.39 is 0 Å². The number of Topliss-reactive ketones (excluding diaryl/α,β-unsaturated/α-hetero) is 1. The number of nitrogens with one attached hydrogen (secondary N) is 1. The van der Waals surface area contributed by atoms with E-state index in [9.17, 15) is 9.59 Å². The van der Waals surface area contributed by atoms with Gasteiger partial charge in [-0.3, -0.25) is 9.59 Å². The van der Waals surface area contributed by atoms with E-state index in [0.29, 0.717) is 11.3 Å². The van der Waals surface area contributed by atoms with Gasteiger partial charge in [0.25, 0.3) is 0 Å². The molecular formula is C16H13N3O2. The van der Waals surface area contributed by atoms with Crippen LogP contribution in [0.1, 0.15) is 33.5 Å². The second kappa shape index (κ2) is 5.20. The van der Waals surface area contributed by atoms with Gasteiger partial charge >= 0.3 is 0 Å². The highest BCUT2D eigenvalue weighted by Crippen LogP contribution is 2.16. The van der Waals surface area contributed by atoms with E-state index in [-0.39, 0.29) is 17.3 Å². The SMILES string of the molecule is CC(=O)c1nn(-c2ccccc2)cc1C(=O)c1ccc[nH]1. The van der Waals surface area contributed by atoms with Crippen molar-refractivity contribution in [1.29, 1.82) is 0 Å². The monoisotopic (exact) mass is 279 g/mol. The average Bonchev–Trinajstić information content (AvgIpc) is 3.17. The summed E-state index contributed by atoms with van der Waals surface area (Å²) in [4.78, 5) is 27.0. The molecule has 0 aliphatic heterocycles. The average molecular weight is 279 g/mol. The number of H-pyrrole nitrogens is 1. The molecule has 2 heterocycles. The van der Waals surface area contributed by atoms with Gasteiger partial charge in [0.1, 0.15) is 5.69 Å². The van der Waals surface area contributed by atoms with Crippen LogP contribution >= 0.6 is 0 Å². The Labute approximate surface area is 121 Å². The summed E-state index contributed by atoms with van der Waals surface area (Å²) < 4.78 is 1.55. The largest absolute Gasteiger partial charge is 0.359 e. The molecule has 0 fully saturated rings. The van der Waals surface area contributed by atoms with E-state index in [1.54, 1.807) is 29.2 Å². The minimum atomic E-state index is -0.243. The third-order valence-electron chi connectivity index (χ3n) is 3.16. The minimum Gasteiger partial charge on any atom is -0.359 e. The Morgan fingerprint density at radius 2 is 1.86 bits per heavy atom. The fourth-order valence-electron chi connectivity index (χ4n) is 2.13. The first-order valence-electron chi connectivity index (χ1n) is 6.51. The summed E-state index contributed by atoms with van der Waals surface area (Å²) >= 11 is 0. The zero-order valence-corrected chi connectivity index (χ0v) is 11.4. The summed E-state index contributed by atoms with van der Waals surface area (Å²) in [6, 6.07) is 12.8. The van der Waals surface area contributed by atoms with E-state index in [4.69, 9.17) is 0 Å². The molecule has 2 aromatic heterocycles. The van der Waals surface area contributed by atoms with Crippen molar-refractivity contribution in [3.8, 4) is 5.69 Å². The number of nitrogens with zero attached hydrogens (tertiary/aromatic N) is 2. The van der Waals surface area contributed by atoms with Crippen molar-refractivity contribution in [2.24, 2.45) is 0 Å². The van der Waals surface area contributed by atoms with Crippen LogP contribution in [0.4, 0.5) is 0 Å². The standard InChI is InChI=1S/C16H13N3O2/c1-11(20)15-13(16(21)14-8-5-9-17-14)10-19(18-15)12-6-3-2-4-7-12/h2-10,17H,1H3. The Morgan fingerprint density at radius 1 is 1.10 bits per heavy atom. The number of rotatable bonds is 4. The van der Waals surface area contributed by atoms with Gasteiger partial charge in [-0.25, -0.2) is 4.68 Å². The van der Waals surface area contributed by atoms with Crippen LogP contribution in [-0.2, 0) is 0 Å². The zero-order chi connectivity index (χ0) is 14.8. The Bertz CT molecular complexity index is 786. The summed E-state index contributed by atoms with van der Waals surface area (Å²) in [5.41, 5.74) is 1.71. The van der Waals surface area contributed by atoms with Gasteiger partial charge in [-0.15, -0.1) is 0 Å². The highest BCUT2D eigenvalue weighted by Gasteiger charge is 2.21. The number of ketones is 2. The van der Waals surface area contributed by atoms with Crippen molar-refractivity contribution in [3.63, 3.8) is 0 Å². The predicted molar refractivity (Wildman–Crippen MR) is 77.8 cm³/mol. The Hall–Kier alpha value is -2.95. The number of benzene rings is 1. The van der Waals surface area contributed by atoms with E-state index in [1.165, 1.54) is 6.92 Å². The van der Waals surface area contributed by atoms with E-state index in [2.05, 4.69) is 10.1 Å². The molecule has 0 saturated heterocycles. The minimum absolute atomic E-state index is 0.179. The molecule has 3 aromatic rings.